The lowest BCUT2D eigenvalue weighted by atomic mass is 10.1. The number of benzene rings is 1. The highest BCUT2D eigenvalue weighted by Gasteiger charge is 2.23. The molecule has 3 aromatic rings. The second kappa shape index (κ2) is 7.94. The highest BCUT2D eigenvalue weighted by molar-refractivity contribution is 5.90. The van der Waals surface area contributed by atoms with Gasteiger partial charge in [0.25, 0.3) is 5.91 Å². The van der Waals surface area contributed by atoms with Crippen LogP contribution >= 0.6 is 0 Å². The number of carbonyl (C=O) groups is 1. The molecule has 0 spiro atoms. The summed E-state index contributed by atoms with van der Waals surface area (Å²) < 4.78 is 10.1. The third kappa shape index (κ3) is 3.94. The van der Waals surface area contributed by atoms with Crippen molar-refractivity contribution in [3.05, 3.63) is 64.4 Å². The Bertz CT molecular complexity index is 1080. The van der Waals surface area contributed by atoms with Crippen LogP contribution in [0.15, 0.2) is 41.5 Å². The van der Waals surface area contributed by atoms with Crippen molar-refractivity contribution in [1.82, 2.24) is 29.2 Å². The highest BCUT2D eigenvalue weighted by Crippen LogP contribution is 2.15. The van der Waals surface area contributed by atoms with E-state index in [0.717, 1.165) is 23.6 Å². The van der Waals surface area contributed by atoms with Crippen LogP contribution in [0.1, 0.15) is 34.8 Å². The molecule has 0 bridgehead atoms. The van der Waals surface area contributed by atoms with E-state index in [9.17, 15) is 9.59 Å². The average Bonchev–Trinajstić information content (AvgIpc) is 3.21. The molecule has 0 saturated carbocycles. The minimum Gasteiger partial charge on any atom is -0.497 e. The van der Waals surface area contributed by atoms with Gasteiger partial charge in [-0.3, -0.25) is 9.36 Å². The minimum absolute atomic E-state index is 0.0212. The molecule has 1 amide bonds. The lowest BCUT2D eigenvalue weighted by Gasteiger charge is -2.15. The van der Waals surface area contributed by atoms with E-state index in [1.165, 1.54) is 4.68 Å². The Labute approximate surface area is 167 Å². The van der Waals surface area contributed by atoms with Crippen LogP contribution in [0.5, 0.6) is 5.75 Å². The molecule has 9 nitrogen and oxygen atoms in total. The van der Waals surface area contributed by atoms with Crippen LogP contribution in [0.2, 0.25) is 0 Å². The van der Waals surface area contributed by atoms with E-state index in [0.29, 0.717) is 31.8 Å². The smallest absolute Gasteiger partial charge is 0.346 e. The van der Waals surface area contributed by atoms with Gasteiger partial charge in [-0.1, -0.05) is 12.1 Å². The van der Waals surface area contributed by atoms with E-state index >= 15 is 0 Å². The van der Waals surface area contributed by atoms with Crippen LogP contribution in [-0.4, -0.2) is 43.0 Å². The molecule has 1 unspecified atom stereocenters. The van der Waals surface area contributed by atoms with Gasteiger partial charge in [0.2, 0.25) is 0 Å². The molecule has 0 radical (unpaired) electrons. The first-order valence-electron chi connectivity index (χ1n) is 9.63. The van der Waals surface area contributed by atoms with Gasteiger partial charge in [-0.2, -0.15) is 5.10 Å². The lowest BCUT2D eigenvalue weighted by Crippen LogP contribution is -2.37. The third-order valence-electron chi connectivity index (χ3n) is 5.24. The zero-order valence-corrected chi connectivity index (χ0v) is 16.5. The number of fused-ring (bicyclic) bond motifs is 1. The van der Waals surface area contributed by atoms with Gasteiger partial charge in [-0.15, -0.1) is 0 Å². The number of amides is 1. The summed E-state index contributed by atoms with van der Waals surface area (Å²) in [5.74, 6) is 1.69. The summed E-state index contributed by atoms with van der Waals surface area (Å²) in [5, 5.41) is 7.56. The number of hydrogen-bond donors (Lipinski definition) is 1. The maximum atomic E-state index is 12.8. The summed E-state index contributed by atoms with van der Waals surface area (Å²) in [5.41, 5.74) is 0.832. The fourth-order valence-electron chi connectivity index (χ4n) is 3.65. The quantitative estimate of drug-likeness (QED) is 0.693. The molecule has 9 heteroatoms. The molecule has 1 aliphatic rings. The average molecular weight is 396 g/mol. The summed E-state index contributed by atoms with van der Waals surface area (Å²) >= 11 is 0. The van der Waals surface area contributed by atoms with Crippen LogP contribution < -0.4 is 15.7 Å². The van der Waals surface area contributed by atoms with Crippen molar-refractivity contribution in [2.24, 2.45) is 7.05 Å². The number of carbonyl (C=O) groups excluding carboxylic acids is 1. The molecule has 29 heavy (non-hydrogen) atoms. The Morgan fingerprint density at radius 3 is 2.97 bits per heavy atom. The SMILES string of the molecule is COc1cccc(Cn2nc3n(c2=O)CCC(NC(=O)c2nccn2C)CC3)c1. The summed E-state index contributed by atoms with van der Waals surface area (Å²) in [4.78, 5) is 29.3. The molecule has 0 fully saturated rings. The largest absolute Gasteiger partial charge is 0.497 e. The van der Waals surface area contributed by atoms with Crippen molar-refractivity contribution >= 4 is 5.91 Å². The van der Waals surface area contributed by atoms with E-state index in [4.69, 9.17) is 4.74 Å². The predicted molar refractivity (Wildman–Crippen MR) is 106 cm³/mol. The number of imidazole rings is 1. The van der Waals surface area contributed by atoms with Crippen molar-refractivity contribution < 1.29 is 9.53 Å². The first-order valence-corrected chi connectivity index (χ1v) is 9.63. The molecule has 1 aromatic carbocycles. The van der Waals surface area contributed by atoms with E-state index < -0.39 is 0 Å². The number of ether oxygens (including phenoxy) is 1. The van der Waals surface area contributed by atoms with E-state index in [1.54, 1.807) is 35.7 Å². The number of rotatable bonds is 5. The van der Waals surface area contributed by atoms with Crippen molar-refractivity contribution in [3.63, 3.8) is 0 Å². The highest BCUT2D eigenvalue weighted by atomic mass is 16.5. The second-order valence-electron chi connectivity index (χ2n) is 7.22. The number of methoxy groups -OCH3 is 1. The van der Waals surface area contributed by atoms with Gasteiger partial charge in [0, 0.05) is 38.4 Å². The number of aryl methyl sites for hydroxylation is 2. The fourth-order valence-corrected chi connectivity index (χ4v) is 3.65. The zero-order valence-electron chi connectivity index (χ0n) is 16.5. The number of aromatic nitrogens is 5. The van der Waals surface area contributed by atoms with Gasteiger partial charge >= 0.3 is 5.69 Å². The Kier molecular flexibility index (Phi) is 5.20. The van der Waals surface area contributed by atoms with Crippen LogP contribution in [0.3, 0.4) is 0 Å². The normalized spacial score (nSPS) is 16.1. The summed E-state index contributed by atoms with van der Waals surface area (Å²) in [6.45, 7) is 0.924. The van der Waals surface area contributed by atoms with Crippen LogP contribution in [-0.2, 0) is 26.6 Å². The van der Waals surface area contributed by atoms with E-state index in [1.807, 2.05) is 24.3 Å². The third-order valence-corrected chi connectivity index (χ3v) is 5.24. The first-order chi connectivity index (χ1) is 14.0. The van der Waals surface area contributed by atoms with Gasteiger partial charge in [-0.25, -0.2) is 14.5 Å². The Morgan fingerprint density at radius 2 is 2.21 bits per heavy atom. The molecule has 1 atom stereocenters. The van der Waals surface area contributed by atoms with Crippen LogP contribution in [0.25, 0.3) is 0 Å². The van der Waals surface area contributed by atoms with Gasteiger partial charge in [0.15, 0.2) is 5.82 Å². The van der Waals surface area contributed by atoms with Gasteiger partial charge in [-0.05, 0) is 30.5 Å². The number of hydrogen-bond acceptors (Lipinski definition) is 5. The predicted octanol–water partition coefficient (Wildman–Crippen LogP) is 0.970. The van der Waals surface area contributed by atoms with Gasteiger partial charge < -0.3 is 14.6 Å². The molecular weight excluding hydrogens is 372 g/mol. The Morgan fingerprint density at radius 1 is 1.34 bits per heavy atom. The number of nitrogens with zero attached hydrogens (tertiary/aromatic N) is 5. The van der Waals surface area contributed by atoms with E-state index in [-0.39, 0.29) is 17.6 Å². The molecule has 1 aliphatic heterocycles. The monoisotopic (exact) mass is 396 g/mol. The lowest BCUT2D eigenvalue weighted by molar-refractivity contribution is 0.0919. The molecule has 4 rings (SSSR count). The van der Waals surface area contributed by atoms with E-state index in [2.05, 4.69) is 15.4 Å². The van der Waals surface area contributed by atoms with Gasteiger partial charge in [0.05, 0.1) is 13.7 Å². The number of nitrogens with one attached hydrogen (secondary N) is 1. The second-order valence-corrected chi connectivity index (χ2v) is 7.22. The first kappa shape index (κ1) is 19.0. The molecule has 0 saturated heterocycles. The summed E-state index contributed by atoms with van der Waals surface area (Å²) in [6, 6.07) is 7.60. The van der Waals surface area contributed by atoms with Crippen molar-refractivity contribution in [2.45, 2.75) is 38.4 Å². The van der Waals surface area contributed by atoms with Crippen molar-refractivity contribution in [1.29, 1.82) is 0 Å². The molecular formula is C20H24N6O3. The molecule has 1 N–H and O–H groups in total. The standard InChI is InChI=1S/C20H24N6O3/c1-24-11-9-21-18(24)19(27)22-15-6-7-17-23-26(20(28)25(17)10-8-15)13-14-4-3-5-16(12-14)29-2/h3-5,9,11-12,15H,6-8,10,13H2,1-2H3,(H,22,27). The summed E-state index contributed by atoms with van der Waals surface area (Å²) in [7, 11) is 3.41. The Balaban J connectivity index is 1.44. The zero-order chi connectivity index (χ0) is 20.4. The maximum absolute atomic E-state index is 12.8. The van der Waals surface area contributed by atoms with Crippen molar-refractivity contribution in [3.8, 4) is 5.75 Å². The summed E-state index contributed by atoms with van der Waals surface area (Å²) in [6.07, 6.45) is 5.37. The topological polar surface area (TPSA) is 96.0 Å². The van der Waals surface area contributed by atoms with Crippen LogP contribution in [0, 0.1) is 0 Å². The van der Waals surface area contributed by atoms with Crippen molar-refractivity contribution in [2.75, 3.05) is 7.11 Å². The Hall–Kier alpha value is -3.36. The minimum atomic E-state index is -0.197. The molecule has 3 heterocycles. The molecule has 2 aromatic heterocycles. The maximum Gasteiger partial charge on any atom is 0.346 e. The van der Waals surface area contributed by atoms with Crippen LogP contribution in [0.4, 0.5) is 0 Å². The molecule has 0 aliphatic carbocycles. The fraction of sp³-hybridized carbons (Fsp3) is 0.400. The molecule has 152 valence electrons. The van der Waals surface area contributed by atoms with Gasteiger partial charge in [0.1, 0.15) is 11.6 Å².